The minimum atomic E-state index is -6.27. The molecule has 0 N–H and O–H groups in total. The number of carbonyl (C=O) groups is 2. The molecule has 0 radical (unpaired) electrons. The van der Waals surface area contributed by atoms with Crippen molar-refractivity contribution in [1.82, 2.24) is 4.90 Å². The molecule has 2 aliphatic carbocycles. The Bertz CT molecular complexity index is 1260. The molecule has 1 spiro atoms. The van der Waals surface area contributed by atoms with Crippen LogP contribution in [0.5, 0.6) is 11.5 Å². The quantitative estimate of drug-likeness (QED) is 0.230. The molecule has 1 aromatic carbocycles. The maximum absolute atomic E-state index is 13.7. The van der Waals surface area contributed by atoms with Crippen LogP contribution in [0.1, 0.15) is 17.5 Å². The number of piperidine rings is 1. The van der Waals surface area contributed by atoms with Crippen LogP contribution in [0.15, 0.2) is 24.3 Å². The van der Waals surface area contributed by atoms with Crippen LogP contribution in [0, 0.1) is 5.92 Å². The summed E-state index contributed by atoms with van der Waals surface area (Å²) in [4.78, 5) is 25.7. The number of esters is 2. The van der Waals surface area contributed by atoms with Gasteiger partial charge >= 0.3 is 36.1 Å². The van der Waals surface area contributed by atoms with E-state index in [2.05, 4.69) is 9.47 Å². The van der Waals surface area contributed by atoms with E-state index in [1.807, 2.05) is 4.90 Å². The second-order valence-electron chi connectivity index (χ2n) is 9.82. The lowest BCUT2D eigenvalue weighted by atomic mass is 9.53. The van der Waals surface area contributed by atoms with Crippen molar-refractivity contribution in [2.75, 3.05) is 13.6 Å². The van der Waals surface area contributed by atoms with E-state index in [9.17, 15) is 53.5 Å². The molecular formula is C23H17F10NO5. The first kappa shape index (κ1) is 27.5. The summed E-state index contributed by atoms with van der Waals surface area (Å²) < 4.78 is 146. The van der Waals surface area contributed by atoms with Crippen molar-refractivity contribution in [2.45, 2.75) is 60.7 Å². The number of benzene rings is 1. The number of alkyl halides is 10. The minimum Gasteiger partial charge on any atom is -0.481 e. The molecule has 5 atom stereocenters. The minimum absolute atomic E-state index is 0.152. The number of likely N-dealkylation sites (N-methyl/N-ethyl adjacent to an activating group) is 1. The summed E-state index contributed by atoms with van der Waals surface area (Å²) in [6, 6.07) is 1.99. The first-order valence-electron chi connectivity index (χ1n) is 11.4. The van der Waals surface area contributed by atoms with Gasteiger partial charge in [-0.2, -0.15) is 43.9 Å². The molecule has 6 nitrogen and oxygen atoms in total. The van der Waals surface area contributed by atoms with Gasteiger partial charge in [0.05, 0.1) is 0 Å². The Morgan fingerprint density at radius 1 is 0.949 bits per heavy atom. The number of ether oxygens (including phenoxy) is 3. The molecule has 0 amide bonds. The Balaban J connectivity index is 1.57. The van der Waals surface area contributed by atoms with Gasteiger partial charge in [0.2, 0.25) is 0 Å². The molecule has 1 aromatic rings. The number of rotatable bonds is 4. The van der Waals surface area contributed by atoms with Gasteiger partial charge in [-0.05, 0) is 44.1 Å². The Hall–Kier alpha value is -3.04. The molecule has 4 aliphatic rings. The van der Waals surface area contributed by atoms with Gasteiger partial charge in [0.25, 0.3) is 0 Å². The molecule has 0 saturated carbocycles. The van der Waals surface area contributed by atoms with E-state index in [1.54, 1.807) is 7.05 Å². The van der Waals surface area contributed by atoms with E-state index in [4.69, 9.17) is 4.74 Å². The number of hydrogen-bond donors (Lipinski definition) is 0. The molecule has 2 bridgehead atoms. The van der Waals surface area contributed by atoms with Gasteiger partial charge in [-0.3, -0.25) is 0 Å². The summed E-state index contributed by atoms with van der Waals surface area (Å²) in [5.74, 6) is -19.4. The smallest absolute Gasteiger partial charge is 0.465 e. The Labute approximate surface area is 212 Å². The fraction of sp³-hybridized carbons (Fsp3) is 0.565. The predicted octanol–water partition coefficient (Wildman–Crippen LogP) is 4.34. The summed E-state index contributed by atoms with van der Waals surface area (Å²) in [7, 11) is 1.79. The first-order chi connectivity index (χ1) is 17.8. The highest BCUT2D eigenvalue weighted by Gasteiger charge is 2.69. The topological polar surface area (TPSA) is 65.1 Å². The van der Waals surface area contributed by atoms with Crippen LogP contribution < -0.4 is 9.47 Å². The fourth-order valence-corrected chi connectivity index (χ4v) is 5.98. The predicted molar refractivity (Wildman–Crippen MR) is 107 cm³/mol. The molecular weight excluding hydrogens is 560 g/mol. The number of halogens is 10. The van der Waals surface area contributed by atoms with Crippen LogP contribution in [0.2, 0.25) is 0 Å². The lowest BCUT2D eigenvalue weighted by Crippen LogP contribution is -2.65. The number of nitrogens with zero attached hydrogens (tertiary/aromatic N) is 1. The van der Waals surface area contributed by atoms with Crippen molar-refractivity contribution < 1.29 is 67.7 Å². The number of likely N-dealkylation sites (tertiary alicyclic amines) is 1. The van der Waals surface area contributed by atoms with Crippen LogP contribution in [-0.2, 0) is 26.2 Å². The average Bonchev–Trinajstić information content (AvgIpc) is 3.17. The van der Waals surface area contributed by atoms with E-state index in [0.29, 0.717) is 18.5 Å². The highest BCUT2D eigenvalue weighted by molar-refractivity contribution is 5.82. The second-order valence-corrected chi connectivity index (χ2v) is 9.82. The third-order valence-corrected chi connectivity index (χ3v) is 7.79. The molecule has 39 heavy (non-hydrogen) atoms. The molecule has 5 rings (SSSR count). The van der Waals surface area contributed by atoms with Crippen LogP contribution in [-0.4, -0.2) is 72.9 Å². The van der Waals surface area contributed by atoms with Crippen molar-refractivity contribution >= 4 is 11.9 Å². The van der Waals surface area contributed by atoms with E-state index in [-0.39, 0.29) is 18.0 Å². The first-order valence-corrected chi connectivity index (χ1v) is 11.4. The standard InChI is InChI=1S/C23H17F10NO5/c1-34-7-6-19-10-3-5-13(38-18(36)21(26,27)23(31,32)33)16(19)39-15-12(4-2-9(14(15)19)8-11(10)34)37-17(35)20(24,25)22(28,29)30/h2-5,10-11,13,16H,6-8H2,1H3/t10-,11+,13-,16-,19-/m0/s1. The van der Waals surface area contributed by atoms with E-state index < -0.39 is 71.2 Å². The maximum atomic E-state index is 13.7. The summed E-state index contributed by atoms with van der Waals surface area (Å²) in [6.45, 7) is 0.337. The van der Waals surface area contributed by atoms with Gasteiger partial charge in [0, 0.05) is 22.9 Å². The van der Waals surface area contributed by atoms with Crippen molar-refractivity contribution in [3.05, 3.63) is 35.4 Å². The third-order valence-electron chi connectivity index (χ3n) is 7.79. The fourth-order valence-electron chi connectivity index (χ4n) is 5.98. The van der Waals surface area contributed by atoms with E-state index in [0.717, 1.165) is 12.1 Å². The molecule has 0 aromatic heterocycles. The van der Waals surface area contributed by atoms with Crippen molar-refractivity contribution in [3.63, 3.8) is 0 Å². The average molecular weight is 577 g/mol. The van der Waals surface area contributed by atoms with Crippen molar-refractivity contribution in [1.29, 1.82) is 0 Å². The van der Waals surface area contributed by atoms with Crippen molar-refractivity contribution in [2.24, 2.45) is 5.92 Å². The van der Waals surface area contributed by atoms with Crippen molar-refractivity contribution in [3.8, 4) is 11.5 Å². The normalized spacial score (nSPS) is 29.9. The summed E-state index contributed by atoms with van der Waals surface area (Å²) in [5.41, 5.74) is -0.540. The molecule has 16 heteroatoms. The van der Waals surface area contributed by atoms with Gasteiger partial charge in [-0.1, -0.05) is 12.1 Å². The molecule has 1 fully saturated rings. The second kappa shape index (κ2) is 8.24. The Morgan fingerprint density at radius 3 is 2.18 bits per heavy atom. The van der Waals surface area contributed by atoms with Crippen LogP contribution >= 0.6 is 0 Å². The highest BCUT2D eigenvalue weighted by Crippen LogP contribution is 2.63. The summed E-state index contributed by atoms with van der Waals surface area (Å²) in [5, 5.41) is 0. The van der Waals surface area contributed by atoms with Gasteiger partial charge in [-0.25, -0.2) is 9.59 Å². The van der Waals surface area contributed by atoms with Crippen LogP contribution in [0.4, 0.5) is 43.9 Å². The van der Waals surface area contributed by atoms with E-state index in [1.165, 1.54) is 12.1 Å². The zero-order valence-corrected chi connectivity index (χ0v) is 19.5. The Kier molecular flexibility index (Phi) is 5.81. The molecule has 214 valence electrons. The highest BCUT2D eigenvalue weighted by atomic mass is 19.4. The van der Waals surface area contributed by atoms with Gasteiger partial charge in [-0.15, -0.1) is 0 Å². The number of hydrogen-bond acceptors (Lipinski definition) is 6. The third kappa shape index (κ3) is 3.73. The monoisotopic (exact) mass is 577 g/mol. The zero-order valence-electron chi connectivity index (χ0n) is 19.5. The van der Waals surface area contributed by atoms with Gasteiger partial charge in [0.15, 0.2) is 17.6 Å². The van der Waals surface area contributed by atoms with Gasteiger partial charge < -0.3 is 19.1 Å². The SMILES string of the molecule is CN1CC[C@]23c4c5ccc(OC(=O)C(F)(F)C(F)(F)F)c4O[C@H]2[C@@H](OC(=O)C(F)(F)C(F)(F)F)C=C[C@H]3[C@H]1C5. The lowest BCUT2D eigenvalue weighted by molar-refractivity contribution is -0.283. The number of carbonyl (C=O) groups excluding carboxylic acids is 2. The molecule has 1 saturated heterocycles. The van der Waals surface area contributed by atoms with Gasteiger partial charge in [0.1, 0.15) is 6.10 Å². The summed E-state index contributed by atoms with van der Waals surface area (Å²) >= 11 is 0. The van der Waals surface area contributed by atoms with Crippen LogP contribution in [0.25, 0.3) is 0 Å². The van der Waals surface area contributed by atoms with Crippen LogP contribution in [0.3, 0.4) is 0 Å². The molecule has 2 heterocycles. The Morgan fingerprint density at radius 2 is 1.56 bits per heavy atom. The molecule has 0 unspecified atom stereocenters. The zero-order chi connectivity index (χ0) is 28.9. The van der Waals surface area contributed by atoms with E-state index >= 15 is 0 Å². The maximum Gasteiger partial charge on any atom is 0.465 e. The lowest BCUT2D eigenvalue weighted by Gasteiger charge is -2.56. The summed E-state index contributed by atoms with van der Waals surface area (Å²) in [6.07, 6.45) is -12.8. The largest absolute Gasteiger partial charge is 0.481 e. The molecule has 2 aliphatic heterocycles.